The molecule has 118 valence electrons. The number of benzene rings is 1. The van der Waals surface area contributed by atoms with Crippen molar-refractivity contribution >= 4 is 33.2 Å². The monoisotopic (exact) mass is 346 g/mol. The van der Waals surface area contributed by atoms with E-state index >= 15 is 0 Å². The molecule has 0 fully saturated rings. The molecule has 0 spiro atoms. The molecule has 2 aromatic heterocycles. The van der Waals surface area contributed by atoms with Crippen LogP contribution in [0.15, 0.2) is 33.9 Å². The Balaban J connectivity index is 2.02. The first-order valence-corrected chi connectivity index (χ1v) is 8.79. The molecule has 1 aromatic carbocycles. The smallest absolute Gasteiger partial charge is 0.298 e. The molecule has 4 nitrogen and oxygen atoms in total. The van der Waals surface area contributed by atoms with Crippen molar-refractivity contribution in [2.75, 3.05) is 0 Å². The van der Waals surface area contributed by atoms with Crippen molar-refractivity contribution in [2.45, 2.75) is 26.2 Å². The van der Waals surface area contributed by atoms with Gasteiger partial charge in [-0.25, -0.2) is 9.36 Å². The summed E-state index contributed by atoms with van der Waals surface area (Å²) < 4.78 is 1.20. The van der Waals surface area contributed by atoms with Gasteiger partial charge in [-0.15, -0.1) is 11.3 Å². The minimum Gasteiger partial charge on any atom is -0.298 e. The molecular formula is C17H15ClN2O2S. The molecule has 3 aromatic rings. The van der Waals surface area contributed by atoms with Crippen molar-refractivity contribution in [1.29, 1.82) is 0 Å². The number of aromatic amines is 1. The third-order valence-corrected chi connectivity index (χ3v) is 5.86. The molecule has 1 aliphatic carbocycles. The Morgan fingerprint density at radius 2 is 2.00 bits per heavy atom. The molecule has 0 radical (unpaired) electrons. The van der Waals surface area contributed by atoms with E-state index in [1.165, 1.54) is 9.44 Å². The van der Waals surface area contributed by atoms with Gasteiger partial charge >= 0.3 is 5.69 Å². The Hall–Kier alpha value is -1.85. The zero-order valence-electron chi connectivity index (χ0n) is 12.6. The molecule has 0 amide bonds. The number of hydrogen-bond donors (Lipinski definition) is 1. The van der Waals surface area contributed by atoms with Gasteiger partial charge in [0.15, 0.2) is 0 Å². The average molecular weight is 347 g/mol. The number of fused-ring (bicyclic) bond motifs is 3. The molecule has 6 heteroatoms. The van der Waals surface area contributed by atoms with Crippen molar-refractivity contribution in [3.63, 3.8) is 0 Å². The molecule has 1 aliphatic rings. The highest BCUT2D eigenvalue weighted by atomic mass is 35.5. The number of H-pyrrole nitrogens is 1. The summed E-state index contributed by atoms with van der Waals surface area (Å²) in [6.45, 7) is 2.22. The van der Waals surface area contributed by atoms with Gasteiger partial charge in [0, 0.05) is 9.90 Å². The van der Waals surface area contributed by atoms with Crippen molar-refractivity contribution < 1.29 is 0 Å². The normalized spacial score (nSPS) is 17.4. The number of rotatable bonds is 1. The van der Waals surface area contributed by atoms with E-state index in [2.05, 4.69) is 11.9 Å². The standard InChI is InChI=1S/C17H15ClN2O2S/c1-9-2-7-12-13(8-9)23-15-14(12)16(21)20(17(22)19-15)11-5-3-10(18)4-6-11/h3-6,9H,2,7-8H2,1H3,(H,19,22). The maximum atomic E-state index is 13.0. The van der Waals surface area contributed by atoms with Crippen LogP contribution in [0.25, 0.3) is 15.9 Å². The summed E-state index contributed by atoms with van der Waals surface area (Å²) in [6.07, 6.45) is 2.97. The summed E-state index contributed by atoms with van der Waals surface area (Å²) >= 11 is 7.44. The van der Waals surface area contributed by atoms with Crippen LogP contribution in [0.2, 0.25) is 5.02 Å². The number of hydrogen-bond acceptors (Lipinski definition) is 3. The van der Waals surface area contributed by atoms with Gasteiger partial charge < -0.3 is 0 Å². The minimum absolute atomic E-state index is 0.238. The average Bonchev–Trinajstić information content (AvgIpc) is 2.86. The van der Waals surface area contributed by atoms with Crippen LogP contribution in [0.3, 0.4) is 0 Å². The van der Waals surface area contributed by atoms with Gasteiger partial charge in [0.1, 0.15) is 4.83 Å². The van der Waals surface area contributed by atoms with E-state index in [1.807, 2.05) is 0 Å². The fourth-order valence-electron chi connectivity index (χ4n) is 3.25. The molecule has 1 atom stereocenters. The Bertz CT molecular complexity index is 1010. The van der Waals surface area contributed by atoms with Gasteiger partial charge in [0.05, 0.1) is 11.1 Å². The first kappa shape index (κ1) is 14.7. The predicted octanol–water partition coefficient (Wildman–Crippen LogP) is 3.52. The van der Waals surface area contributed by atoms with Gasteiger partial charge in [-0.1, -0.05) is 18.5 Å². The van der Waals surface area contributed by atoms with Crippen LogP contribution in [0.5, 0.6) is 0 Å². The third-order valence-electron chi connectivity index (χ3n) is 4.44. The van der Waals surface area contributed by atoms with E-state index in [9.17, 15) is 9.59 Å². The van der Waals surface area contributed by atoms with Crippen molar-refractivity contribution in [2.24, 2.45) is 5.92 Å². The Morgan fingerprint density at radius 1 is 1.26 bits per heavy atom. The molecule has 23 heavy (non-hydrogen) atoms. The quantitative estimate of drug-likeness (QED) is 0.733. The summed E-state index contributed by atoms with van der Waals surface area (Å²) in [5, 5.41) is 1.24. The van der Waals surface area contributed by atoms with Crippen LogP contribution >= 0.6 is 22.9 Å². The summed E-state index contributed by atoms with van der Waals surface area (Å²) in [5.41, 5.74) is 1.01. The number of nitrogens with zero attached hydrogens (tertiary/aromatic N) is 1. The first-order valence-electron chi connectivity index (χ1n) is 7.60. The number of aryl methyl sites for hydroxylation is 1. The van der Waals surface area contributed by atoms with E-state index in [-0.39, 0.29) is 5.56 Å². The van der Waals surface area contributed by atoms with Crippen LogP contribution in [0.1, 0.15) is 23.8 Å². The molecule has 0 aliphatic heterocycles. The van der Waals surface area contributed by atoms with Gasteiger partial charge in [-0.05, 0) is 55.0 Å². The number of aromatic nitrogens is 2. The molecule has 0 saturated heterocycles. The van der Waals surface area contributed by atoms with E-state index < -0.39 is 5.69 Å². The van der Waals surface area contributed by atoms with Crippen LogP contribution < -0.4 is 11.2 Å². The Kier molecular flexibility index (Phi) is 3.43. The molecule has 1 unspecified atom stereocenters. The first-order chi connectivity index (χ1) is 11.0. The van der Waals surface area contributed by atoms with Crippen LogP contribution in [-0.4, -0.2) is 9.55 Å². The minimum atomic E-state index is -0.406. The molecule has 2 heterocycles. The Labute approximate surface area is 141 Å². The molecule has 0 saturated carbocycles. The van der Waals surface area contributed by atoms with E-state index in [0.29, 0.717) is 26.8 Å². The van der Waals surface area contributed by atoms with Crippen LogP contribution in [0.4, 0.5) is 0 Å². The molecule has 4 rings (SSSR count). The van der Waals surface area contributed by atoms with Gasteiger partial charge in [0.25, 0.3) is 5.56 Å². The Morgan fingerprint density at radius 3 is 2.74 bits per heavy atom. The predicted molar refractivity (Wildman–Crippen MR) is 94.2 cm³/mol. The summed E-state index contributed by atoms with van der Waals surface area (Å²) in [6, 6.07) is 6.73. The van der Waals surface area contributed by atoms with E-state index in [0.717, 1.165) is 24.8 Å². The van der Waals surface area contributed by atoms with E-state index in [1.54, 1.807) is 35.6 Å². The second-order valence-electron chi connectivity index (χ2n) is 6.10. The van der Waals surface area contributed by atoms with Crippen molar-refractivity contribution in [3.05, 3.63) is 60.6 Å². The van der Waals surface area contributed by atoms with Gasteiger partial charge in [-0.2, -0.15) is 0 Å². The maximum Gasteiger partial charge on any atom is 0.334 e. The van der Waals surface area contributed by atoms with Crippen LogP contribution in [0, 0.1) is 5.92 Å². The fourth-order valence-corrected chi connectivity index (χ4v) is 4.77. The topological polar surface area (TPSA) is 54.9 Å². The highest BCUT2D eigenvalue weighted by Gasteiger charge is 2.23. The SMILES string of the molecule is CC1CCc2c(sc3[nH]c(=O)n(-c4ccc(Cl)cc4)c(=O)c23)C1. The lowest BCUT2D eigenvalue weighted by Gasteiger charge is -2.17. The second-order valence-corrected chi connectivity index (χ2v) is 7.64. The van der Waals surface area contributed by atoms with E-state index in [4.69, 9.17) is 11.6 Å². The molecule has 1 N–H and O–H groups in total. The lowest BCUT2D eigenvalue weighted by Crippen LogP contribution is -2.33. The van der Waals surface area contributed by atoms with Crippen molar-refractivity contribution in [3.8, 4) is 5.69 Å². The second kappa shape index (κ2) is 5.35. The molecular weight excluding hydrogens is 332 g/mol. The fraction of sp³-hybridized carbons (Fsp3) is 0.294. The number of thiophene rings is 1. The zero-order valence-corrected chi connectivity index (χ0v) is 14.1. The number of nitrogens with one attached hydrogen (secondary N) is 1. The summed E-state index contributed by atoms with van der Waals surface area (Å²) in [7, 11) is 0. The zero-order chi connectivity index (χ0) is 16.1. The van der Waals surface area contributed by atoms with Crippen molar-refractivity contribution in [1.82, 2.24) is 9.55 Å². The molecule has 0 bridgehead atoms. The highest BCUT2D eigenvalue weighted by Crippen LogP contribution is 2.35. The lowest BCUT2D eigenvalue weighted by atomic mass is 9.89. The highest BCUT2D eigenvalue weighted by molar-refractivity contribution is 7.18. The van der Waals surface area contributed by atoms with Gasteiger partial charge in [0.2, 0.25) is 0 Å². The number of halogens is 1. The summed E-state index contributed by atoms with van der Waals surface area (Å²) in [4.78, 5) is 30.2. The van der Waals surface area contributed by atoms with Gasteiger partial charge in [-0.3, -0.25) is 9.78 Å². The largest absolute Gasteiger partial charge is 0.334 e. The third kappa shape index (κ3) is 2.35. The van der Waals surface area contributed by atoms with Crippen LogP contribution in [-0.2, 0) is 12.8 Å². The lowest BCUT2D eigenvalue weighted by molar-refractivity contribution is 0.509. The maximum absolute atomic E-state index is 13.0. The summed E-state index contributed by atoms with van der Waals surface area (Å²) in [5.74, 6) is 0.626.